The van der Waals surface area contributed by atoms with Crippen LogP contribution in [-0.2, 0) is 9.24 Å². The lowest BCUT2D eigenvalue weighted by molar-refractivity contribution is -0.107. The van der Waals surface area contributed by atoms with Crippen LogP contribution in [0.25, 0.3) is 10.9 Å². The van der Waals surface area contributed by atoms with E-state index in [4.69, 9.17) is 9.78 Å². The summed E-state index contributed by atoms with van der Waals surface area (Å²) in [5.74, 6) is 0.387. The molecule has 0 aliphatic carbocycles. The fourth-order valence-corrected chi connectivity index (χ4v) is 1.42. The van der Waals surface area contributed by atoms with Crippen LogP contribution in [0.2, 0.25) is 0 Å². The van der Waals surface area contributed by atoms with Crippen LogP contribution < -0.4 is 4.89 Å². The minimum absolute atomic E-state index is 0.387. The maximum absolute atomic E-state index is 10.8. The Labute approximate surface area is 113 Å². The Hall–Kier alpha value is -1.29. The third-order valence-corrected chi connectivity index (χ3v) is 2.65. The minimum atomic E-state index is -3.61. The van der Waals surface area contributed by atoms with Gasteiger partial charge in [-0.15, -0.1) is 4.67 Å². The van der Waals surface area contributed by atoms with Gasteiger partial charge < -0.3 is 14.8 Å². The average Bonchev–Trinajstić information content (AvgIpc) is 2.83. The molecule has 2 N–H and O–H groups in total. The number of H-pyrrole nitrogens is 1. The maximum atomic E-state index is 10.8. The van der Waals surface area contributed by atoms with Crippen molar-refractivity contribution in [3.8, 4) is 5.75 Å². The highest BCUT2D eigenvalue weighted by Crippen LogP contribution is 2.37. The van der Waals surface area contributed by atoms with Gasteiger partial charge in [0.2, 0.25) is 0 Å². The lowest BCUT2D eigenvalue weighted by Crippen LogP contribution is -1.93. The van der Waals surface area contributed by atoms with Crippen molar-refractivity contribution >= 4 is 18.5 Å². The van der Waals surface area contributed by atoms with Crippen LogP contribution in [-0.4, -0.2) is 16.5 Å². The van der Waals surface area contributed by atoms with Gasteiger partial charge in [0.25, 0.3) is 0 Å². The van der Waals surface area contributed by atoms with Gasteiger partial charge >= 0.3 is 7.60 Å². The summed E-state index contributed by atoms with van der Waals surface area (Å²) in [7, 11) is -3.61. The van der Waals surface area contributed by atoms with Crippen LogP contribution in [0.4, 0.5) is 0 Å². The van der Waals surface area contributed by atoms with E-state index in [2.05, 4.69) is 23.5 Å². The Kier molecular flexibility index (Phi) is 6.09. The highest BCUT2D eigenvalue weighted by molar-refractivity contribution is 7.51. The lowest BCUT2D eigenvalue weighted by Gasteiger charge is -2.06. The second kappa shape index (κ2) is 7.34. The summed E-state index contributed by atoms with van der Waals surface area (Å²) in [4.78, 5) is 16.6. The van der Waals surface area contributed by atoms with Gasteiger partial charge in [-0.1, -0.05) is 26.7 Å². The molecule has 0 spiro atoms. The number of benzene rings is 1. The molecule has 106 valence electrons. The van der Waals surface area contributed by atoms with Gasteiger partial charge in [0.15, 0.2) is 5.75 Å². The van der Waals surface area contributed by atoms with Gasteiger partial charge in [0.1, 0.15) is 0 Å². The number of hydrogen-bond donors (Lipinski definition) is 2. The van der Waals surface area contributed by atoms with E-state index < -0.39 is 7.60 Å². The molecule has 0 aliphatic rings. The molecule has 0 aliphatic heterocycles. The quantitative estimate of drug-likeness (QED) is 0.504. The van der Waals surface area contributed by atoms with Crippen molar-refractivity contribution < 1.29 is 19.0 Å². The largest absolute Gasteiger partial charge is 0.363 e. The molecule has 0 saturated carbocycles. The van der Waals surface area contributed by atoms with Crippen molar-refractivity contribution in [3.63, 3.8) is 0 Å². The van der Waals surface area contributed by atoms with Crippen LogP contribution in [0.15, 0.2) is 30.5 Å². The topological polar surface area (TPSA) is 71.6 Å². The van der Waals surface area contributed by atoms with Crippen molar-refractivity contribution in [2.24, 2.45) is 0 Å². The van der Waals surface area contributed by atoms with E-state index in [0.29, 0.717) is 5.75 Å². The van der Waals surface area contributed by atoms with Crippen LogP contribution in [0.5, 0.6) is 5.75 Å². The molecule has 1 aromatic heterocycles. The Morgan fingerprint density at radius 2 is 1.95 bits per heavy atom. The number of aromatic nitrogens is 1. The van der Waals surface area contributed by atoms with Gasteiger partial charge in [0, 0.05) is 23.8 Å². The van der Waals surface area contributed by atoms with E-state index in [9.17, 15) is 4.57 Å². The summed E-state index contributed by atoms with van der Waals surface area (Å²) in [6.07, 6.45) is 4.44. The predicted molar refractivity (Wildman–Crippen MR) is 76.3 cm³/mol. The van der Waals surface area contributed by atoms with Crippen LogP contribution in [0.3, 0.4) is 0 Å². The fraction of sp³-hybridized carbons (Fsp3) is 0.385. The van der Waals surface area contributed by atoms with Gasteiger partial charge in [0.05, 0.1) is 0 Å². The number of nitrogens with one attached hydrogen (secondary N) is 1. The minimum Gasteiger partial charge on any atom is -0.361 e. The van der Waals surface area contributed by atoms with Crippen LogP contribution in [0, 0.1) is 0 Å². The highest BCUT2D eigenvalue weighted by atomic mass is 31.2. The first-order valence-electron chi connectivity index (χ1n) is 6.20. The van der Waals surface area contributed by atoms with Crippen molar-refractivity contribution in [2.75, 3.05) is 6.66 Å². The molecule has 0 bridgehead atoms. The average molecular weight is 285 g/mol. The Morgan fingerprint density at radius 1 is 1.26 bits per heavy atom. The van der Waals surface area contributed by atoms with Crippen molar-refractivity contribution in [1.82, 2.24) is 4.98 Å². The van der Waals surface area contributed by atoms with E-state index in [-0.39, 0.29) is 0 Å². The highest BCUT2D eigenvalue weighted by Gasteiger charge is 2.12. The summed E-state index contributed by atoms with van der Waals surface area (Å²) in [5.41, 5.74) is 0.964. The summed E-state index contributed by atoms with van der Waals surface area (Å²) in [6, 6.07) is 7.02. The van der Waals surface area contributed by atoms with Gasteiger partial charge in [-0.3, -0.25) is 4.57 Å². The maximum Gasteiger partial charge on any atom is 0.363 e. The molecule has 5 nitrogen and oxygen atoms in total. The first-order chi connectivity index (χ1) is 8.96. The SMILES string of the molecule is CCCC.CP(=O)(O)OOc1ccc2[nH]ccc2c1. The smallest absolute Gasteiger partial charge is 0.361 e. The van der Waals surface area contributed by atoms with E-state index in [1.807, 2.05) is 6.07 Å². The number of rotatable bonds is 4. The molecule has 0 radical (unpaired) electrons. The van der Waals surface area contributed by atoms with E-state index >= 15 is 0 Å². The third kappa shape index (κ3) is 5.92. The first kappa shape index (κ1) is 15.8. The summed E-state index contributed by atoms with van der Waals surface area (Å²) < 4.78 is 15.1. The van der Waals surface area contributed by atoms with Gasteiger partial charge in [-0.2, -0.15) is 0 Å². The molecule has 0 saturated heterocycles. The lowest BCUT2D eigenvalue weighted by atomic mass is 10.2. The fourth-order valence-electron chi connectivity index (χ4n) is 1.20. The zero-order chi connectivity index (χ0) is 14.3. The molecule has 19 heavy (non-hydrogen) atoms. The van der Waals surface area contributed by atoms with Crippen molar-refractivity contribution in [3.05, 3.63) is 30.5 Å². The summed E-state index contributed by atoms with van der Waals surface area (Å²) >= 11 is 0. The van der Waals surface area contributed by atoms with Crippen LogP contribution >= 0.6 is 7.60 Å². The molecule has 0 fully saturated rings. The molecular formula is C13H20NO4P. The van der Waals surface area contributed by atoms with Crippen LogP contribution in [0.1, 0.15) is 26.7 Å². The zero-order valence-electron chi connectivity index (χ0n) is 11.4. The van der Waals surface area contributed by atoms with Crippen molar-refractivity contribution in [1.29, 1.82) is 0 Å². The van der Waals surface area contributed by atoms with E-state index in [1.54, 1.807) is 24.4 Å². The predicted octanol–water partition coefficient (Wildman–Crippen LogP) is 4.10. The van der Waals surface area contributed by atoms with E-state index in [1.165, 1.54) is 12.8 Å². The summed E-state index contributed by atoms with van der Waals surface area (Å²) in [5, 5.41) is 0.944. The second-order valence-corrected chi connectivity index (χ2v) is 5.94. The first-order valence-corrected chi connectivity index (χ1v) is 8.22. The number of hydrogen-bond acceptors (Lipinski definition) is 3. The molecule has 6 heteroatoms. The number of aromatic amines is 1. The second-order valence-electron chi connectivity index (χ2n) is 4.19. The third-order valence-electron chi connectivity index (χ3n) is 2.30. The zero-order valence-corrected chi connectivity index (χ0v) is 12.3. The normalized spacial score (nSPS) is 13.5. The van der Waals surface area contributed by atoms with Gasteiger partial charge in [-0.05, 0) is 24.3 Å². The molecule has 1 unspecified atom stereocenters. The molecule has 1 heterocycles. The molecule has 1 atom stereocenters. The molecule has 1 aromatic carbocycles. The Bertz CT molecular complexity index is 544. The van der Waals surface area contributed by atoms with Crippen molar-refractivity contribution in [2.45, 2.75) is 26.7 Å². The summed E-state index contributed by atoms with van der Waals surface area (Å²) in [6.45, 7) is 5.42. The Balaban J connectivity index is 0.000000399. The molecular weight excluding hydrogens is 265 g/mol. The standard InChI is InChI=1S/C9H10NO4P.C4H10/c1-15(11,12)14-13-8-2-3-9-7(6-8)4-5-10-9;1-3-4-2/h2-6,10H,1H3,(H,11,12);3-4H2,1-2H3. The number of unbranched alkanes of at least 4 members (excludes halogenated alkanes) is 1. The van der Waals surface area contributed by atoms with Gasteiger partial charge in [-0.25, -0.2) is 0 Å². The molecule has 2 rings (SSSR count). The number of fused-ring (bicyclic) bond motifs is 1. The molecule has 2 aromatic rings. The monoisotopic (exact) mass is 285 g/mol. The Morgan fingerprint density at radius 3 is 2.53 bits per heavy atom. The van der Waals surface area contributed by atoms with E-state index in [0.717, 1.165) is 17.6 Å². The molecule has 0 amide bonds.